The van der Waals surface area contributed by atoms with Crippen molar-refractivity contribution < 1.29 is 27.5 Å². The van der Waals surface area contributed by atoms with E-state index in [4.69, 9.17) is 9.47 Å². The first-order valence-electron chi connectivity index (χ1n) is 11.5. The van der Waals surface area contributed by atoms with Crippen molar-refractivity contribution in [2.45, 2.75) is 54.7 Å². The number of benzene rings is 2. The Morgan fingerprint density at radius 1 is 1.03 bits per heavy atom. The van der Waals surface area contributed by atoms with Crippen LogP contribution in [-0.2, 0) is 19.4 Å². The molecule has 0 unspecified atom stereocenters. The molecule has 0 radical (unpaired) electrons. The second-order valence-electron chi connectivity index (χ2n) is 8.70. The van der Waals surface area contributed by atoms with Gasteiger partial charge in [0.05, 0.1) is 30.1 Å². The van der Waals surface area contributed by atoms with Crippen LogP contribution in [-0.4, -0.2) is 47.0 Å². The van der Waals surface area contributed by atoms with Gasteiger partial charge in [0.25, 0.3) is 0 Å². The van der Waals surface area contributed by atoms with E-state index in [-0.39, 0.29) is 35.5 Å². The molecule has 0 aromatic heterocycles. The molecular formula is C25H30N2O6S. The Morgan fingerprint density at radius 2 is 1.74 bits per heavy atom. The van der Waals surface area contributed by atoms with Gasteiger partial charge in [0, 0.05) is 12.5 Å². The number of rotatable bonds is 6. The number of hydrogen-bond acceptors (Lipinski definition) is 6. The maximum absolute atomic E-state index is 13.7. The van der Waals surface area contributed by atoms with Gasteiger partial charge in [0.2, 0.25) is 11.8 Å². The van der Waals surface area contributed by atoms with E-state index in [1.54, 1.807) is 36.4 Å². The summed E-state index contributed by atoms with van der Waals surface area (Å²) in [5, 5.41) is 1.90. The van der Waals surface area contributed by atoms with Gasteiger partial charge in [-0.3, -0.25) is 9.59 Å². The van der Waals surface area contributed by atoms with E-state index < -0.39 is 21.0 Å². The molecule has 8 nitrogen and oxygen atoms in total. The van der Waals surface area contributed by atoms with Gasteiger partial charge < -0.3 is 19.7 Å². The molecule has 0 bridgehead atoms. The van der Waals surface area contributed by atoms with Gasteiger partial charge >= 0.3 is 0 Å². The lowest BCUT2D eigenvalue weighted by Gasteiger charge is -2.26. The van der Waals surface area contributed by atoms with Gasteiger partial charge in [-0.05, 0) is 42.7 Å². The first-order chi connectivity index (χ1) is 16.3. The second-order valence-corrected chi connectivity index (χ2v) is 10.8. The predicted octanol–water partition coefficient (Wildman–Crippen LogP) is 3.40. The van der Waals surface area contributed by atoms with Gasteiger partial charge in [-0.1, -0.05) is 37.5 Å². The molecule has 2 aromatic carbocycles. The van der Waals surface area contributed by atoms with Crippen molar-refractivity contribution in [1.29, 1.82) is 0 Å². The molecule has 0 saturated heterocycles. The molecular weight excluding hydrogens is 456 g/mol. The van der Waals surface area contributed by atoms with Crippen LogP contribution in [0.25, 0.3) is 0 Å². The van der Waals surface area contributed by atoms with Gasteiger partial charge in [0.15, 0.2) is 21.3 Å². The number of nitrogens with one attached hydrogen (secondary N) is 1. The number of sulfone groups is 1. The first-order valence-corrected chi connectivity index (χ1v) is 13.0. The van der Waals surface area contributed by atoms with Crippen LogP contribution in [0.4, 0.5) is 5.69 Å². The molecule has 4 rings (SSSR count). The molecule has 1 aliphatic heterocycles. The summed E-state index contributed by atoms with van der Waals surface area (Å²) in [7, 11) is -0.972. The van der Waals surface area contributed by atoms with E-state index in [0.717, 1.165) is 25.7 Å². The third kappa shape index (κ3) is 4.75. The quantitative estimate of drug-likeness (QED) is 0.672. The van der Waals surface area contributed by atoms with Crippen molar-refractivity contribution >= 4 is 27.3 Å². The molecule has 1 fully saturated rings. The average Bonchev–Trinajstić information content (AvgIpc) is 2.93. The van der Waals surface area contributed by atoms with Crippen LogP contribution in [0.1, 0.15) is 49.3 Å². The lowest BCUT2D eigenvalue weighted by molar-refractivity contribution is -0.124. The number of nitrogens with zero attached hydrogens (tertiary/aromatic N) is 1. The smallest absolute Gasteiger partial charge is 0.240 e. The van der Waals surface area contributed by atoms with Crippen LogP contribution in [0, 0.1) is 0 Å². The summed E-state index contributed by atoms with van der Waals surface area (Å²) in [6, 6.07) is 11.3. The van der Waals surface area contributed by atoms with Crippen molar-refractivity contribution in [2.24, 2.45) is 0 Å². The predicted molar refractivity (Wildman–Crippen MR) is 128 cm³/mol. The van der Waals surface area contributed by atoms with E-state index in [1.165, 1.54) is 31.6 Å². The summed E-state index contributed by atoms with van der Waals surface area (Å²) >= 11 is 0. The van der Waals surface area contributed by atoms with Gasteiger partial charge in [-0.15, -0.1) is 0 Å². The monoisotopic (exact) mass is 486 g/mol. The van der Waals surface area contributed by atoms with Gasteiger partial charge in [-0.2, -0.15) is 0 Å². The van der Waals surface area contributed by atoms with Crippen LogP contribution < -0.4 is 19.7 Å². The maximum atomic E-state index is 13.7. The lowest BCUT2D eigenvalue weighted by Crippen LogP contribution is -2.45. The van der Waals surface area contributed by atoms with E-state index in [1.807, 2.05) is 0 Å². The molecule has 2 aromatic rings. The molecule has 182 valence electrons. The first kappa shape index (κ1) is 24.1. The molecule has 1 heterocycles. The topological polar surface area (TPSA) is 102 Å². The molecule has 9 heteroatoms. The fourth-order valence-electron chi connectivity index (χ4n) is 4.77. The Bertz CT molecular complexity index is 1170. The number of methoxy groups -OCH3 is 2. The number of carbonyl (C=O) groups excluding carboxylic acids is 2. The SMILES string of the molecule is COc1ccc([C@H]2CC(=O)N(CC(=O)NC3CCCCC3)c3ccccc3S2(=O)=O)cc1OC. The zero-order valence-electron chi connectivity index (χ0n) is 19.5. The number of para-hydroxylation sites is 1. The Kier molecular flexibility index (Phi) is 7.11. The van der Waals surface area contributed by atoms with Gasteiger partial charge in [-0.25, -0.2) is 8.42 Å². The Hall–Kier alpha value is -3.07. The zero-order chi connectivity index (χ0) is 24.3. The zero-order valence-corrected chi connectivity index (χ0v) is 20.3. The highest BCUT2D eigenvalue weighted by Crippen LogP contribution is 2.42. The fourth-order valence-corrected chi connectivity index (χ4v) is 6.69. The minimum Gasteiger partial charge on any atom is -0.493 e. The summed E-state index contributed by atoms with van der Waals surface area (Å²) in [5.41, 5.74) is 0.656. The minimum atomic E-state index is -3.94. The number of fused-ring (bicyclic) bond motifs is 1. The van der Waals surface area contributed by atoms with Crippen molar-refractivity contribution in [1.82, 2.24) is 5.32 Å². The highest BCUT2D eigenvalue weighted by atomic mass is 32.2. The number of carbonyl (C=O) groups is 2. The van der Waals surface area contributed by atoms with Crippen molar-refractivity contribution in [3.8, 4) is 11.5 Å². The molecule has 34 heavy (non-hydrogen) atoms. The molecule has 1 saturated carbocycles. The molecule has 1 atom stereocenters. The summed E-state index contributed by atoms with van der Waals surface area (Å²) in [4.78, 5) is 27.5. The third-order valence-electron chi connectivity index (χ3n) is 6.55. The summed E-state index contributed by atoms with van der Waals surface area (Å²) in [5.74, 6) is 0.137. The maximum Gasteiger partial charge on any atom is 0.240 e. The Balaban J connectivity index is 1.68. The van der Waals surface area contributed by atoms with Crippen molar-refractivity contribution in [3.63, 3.8) is 0 Å². The van der Waals surface area contributed by atoms with E-state index in [0.29, 0.717) is 17.1 Å². The van der Waals surface area contributed by atoms with Crippen molar-refractivity contribution in [2.75, 3.05) is 25.7 Å². The van der Waals surface area contributed by atoms with Crippen LogP contribution in [0.3, 0.4) is 0 Å². The summed E-state index contributed by atoms with van der Waals surface area (Å²) in [6.07, 6.45) is 4.87. The van der Waals surface area contributed by atoms with Crippen molar-refractivity contribution in [3.05, 3.63) is 48.0 Å². The minimum absolute atomic E-state index is 0.0334. The van der Waals surface area contributed by atoms with Crippen LogP contribution in [0.5, 0.6) is 11.5 Å². The number of anilines is 1. The van der Waals surface area contributed by atoms with E-state index in [9.17, 15) is 18.0 Å². The van der Waals surface area contributed by atoms with E-state index >= 15 is 0 Å². The third-order valence-corrected chi connectivity index (χ3v) is 8.70. The Labute approximate surface area is 200 Å². The highest BCUT2D eigenvalue weighted by molar-refractivity contribution is 7.92. The normalized spacial score (nSPS) is 20.2. The second kappa shape index (κ2) is 10.0. The molecule has 2 aliphatic rings. The summed E-state index contributed by atoms with van der Waals surface area (Å²) in [6.45, 7) is -0.222. The van der Waals surface area contributed by atoms with Crippen LogP contribution in [0.2, 0.25) is 0 Å². The number of hydrogen-bond donors (Lipinski definition) is 1. The molecule has 0 spiro atoms. The van der Waals surface area contributed by atoms with E-state index in [2.05, 4.69) is 5.32 Å². The highest BCUT2D eigenvalue weighted by Gasteiger charge is 2.40. The number of ether oxygens (including phenoxy) is 2. The summed E-state index contributed by atoms with van der Waals surface area (Å²) < 4.78 is 38.0. The molecule has 2 amide bonds. The lowest BCUT2D eigenvalue weighted by atomic mass is 9.95. The largest absolute Gasteiger partial charge is 0.493 e. The molecule has 1 N–H and O–H groups in total. The Morgan fingerprint density at radius 3 is 2.44 bits per heavy atom. The van der Waals surface area contributed by atoms with Crippen LogP contribution in [0.15, 0.2) is 47.4 Å². The standard InChI is InChI=1S/C25H30N2O6S/c1-32-20-13-12-17(14-21(20)33-2)23-15-25(29)27(16-24(28)26-18-8-4-3-5-9-18)19-10-6-7-11-22(19)34(23,30)31/h6-7,10-14,18,23H,3-5,8-9,15-16H2,1-2H3,(H,26,28)/t23-/m1/s1. The van der Waals surface area contributed by atoms with Crippen LogP contribution >= 0.6 is 0 Å². The molecule has 1 aliphatic carbocycles. The van der Waals surface area contributed by atoms with Gasteiger partial charge in [0.1, 0.15) is 6.54 Å². The average molecular weight is 487 g/mol. The number of amides is 2. The fraction of sp³-hybridized carbons (Fsp3) is 0.440.